The minimum Gasteiger partial charge on any atom is -0.497 e. The average molecular weight is 436 g/mol. The molecule has 0 radical (unpaired) electrons. The van der Waals surface area contributed by atoms with E-state index in [4.69, 9.17) is 19.6 Å². The monoisotopic (exact) mass is 436 g/mol. The summed E-state index contributed by atoms with van der Waals surface area (Å²) in [4.78, 5) is 16.2. The molecule has 0 saturated carbocycles. The SMILES string of the molecule is COc1cccc(OCCCOc2ccc(/C=C3/C(=N)N4N=CSC4=NC3=O)cc2)c1. The first-order valence-electron chi connectivity index (χ1n) is 9.56. The third-order valence-corrected chi connectivity index (χ3v) is 5.13. The minimum absolute atomic E-state index is 0.0209. The van der Waals surface area contributed by atoms with Gasteiger partial charge in [0.25, 0.3) is 5.91 Å². The highest BCUT2D eigenvalue weighted by atomic mass is 32.2. The largest absolute Gasteiger partial charge is 0.497 e. The van der Waals surface area contributed by atoms with Gasteiger partial charge >= 0.3 is 0 Å². The predicted octanol–water partition coefficient (Wildman–Crippen LogP) is 3.79. The first kappa shape index (κ1) is 20.7. The quantitative estimate of drug-likeness (QED) is 0.500. The number of amidine groups is 2. The fourth-order valence-electron chi connectivity index (χ4n) is 2.89. The summed E-state index contributed by atoms with van der Waals surface area (Å²) < 4.78 is 16.6. The molecule has 9 heteroatoms. The van der Waals surface area contributed by atoms with Gasteiger partial charge in [0.05, 0.1) is 31.4 Å². The van der Waals surface area contributed by atoms with E-state index in [1.165, 1.54) is 16.8 Å². The molecule has 1 N–H and O–H groups in total. The summed E-state index contributed by atoms with van der Waals surface area (Å²) >= 11 is 1.22. The molecule has 0 fully saturated rings. The van der Waals surface area contributed by atoms with Crippen molar-refractivity contribution in [2.45, 2.75) is 6.42 Å². The van der Waals surface area contributed by atoms with Crippen molar-refractivity contribution in [2.24, 2.45) is 10.1 Å². The number of carbonyl (C=O) groups excluding carboxylic acids is 1. The molecule has 0 saturated heterocycles. The van der Waals surface area contributed by atoms with E-state index < -0.39 is 5.91 Å². The van der Waals surface area contributed by atoms with Crippen molar-refractivity contribution in [3.8, 4) is 17.2 Å². The van der Waals surface area contributed by atoms with Crippen molar-refractivity contribution in [1.29, 1.82) is 5.41 Å². The van der Waals surface area contributed by atoms with Crippen LogP contribution in [0.15, 0.2) is 64.2 Å². The Morgan fingerprint density at radius 3 is 2.58 bits per heavy atom. The van der Waals surface area contributed by atoms with Crippen LogP contribution < -0.4 is 14.2 Å². The Hall–Kier alpha value is -3.59. The molecular formula is C22H20N4O4S. The molecule has 2 aromatic carbocycles. The van der Waals surface area contributed by atoms with E-state index in [1.807, 2.05) is 48.5 Å². The van der Waals surface area contributed by atoms with Crippen LogP contribution in [0, 0.1) is 5.41 Å². The van der Waals surface area contributed by atoms with Crippen molar-refractivity contribution in [2.75, 3.05) is 20.3 Å². The maximum atomic E-state index is 12.2. The molecule has 1 amide bonds. The molecular weight excluding hydrogens is 416 g/mol. The number of aliphatic imine (C=N–C) groups is 1. The number of hydrogen-bond donors (Lipinski definition) is 1. The Bertz CT molecular complexity index is 1080. The smallest absolute Gasteiger partial charge is 0.283 e. The van der Waals surface area contributed by atoms with E-state index in [1.54, 1.807) is 18.7 Å². The predicted molar refractivity (Wildman–Crippen MR) is 121 cm³/mol. The van der Waals surface area contributed by atoms with Crippen molar-refractivity contribution in [1.82, 2.24) is 5.01 Å². The van der Waals surface area contributed by atoms with Gasteiger partial charge in [0.1, 0.15) is 17.2 Å². The van der Waals surface area contributed by atoms with Gasteiger partial charge < -0.3 is 14.2 Å². The van der Waals surface area contributed by atoms with Crippen LogP contribution in [0.3, 0.4) is 0 Å². The maximum Gasteiger partial charge on any atom is 0.283 e. The Kier molecular flexibility index (Phi) is 6.32. The molecule has 2 aliphatic heterocycles. The second kappa shape index (κ2) is 9.48. The second-order valence-electron chi connectivity index (χ2n) is 6.56. The van der Waals surface area contributed by atoms with Crippen LogP contribution in [0.5, 0.6) is 17.2 Å². The lowest BCUT2D eigenvalue weighted by Crippen LogP contribution is -2.35. The minimum atomic E-state index is -0.439. The number of methoxy groups -OCH3 is 1. The van der Waals surface area contributed by atoms with Gasteiger partial charge in [0, 0.05) is 12.5 Å². The summed E-state index contributed by atoms with van der Waals surface area (Å²) in [5.74, 6) is 1.81. The fourth-order valence-corrected chi connectivity index (χ4v) is 3.50. The van der Waals surface area contributed by atoms with E-state index in [0.29, 0.717) is 18.4 Å². The molecule has 8 nitrogen and oxygen atoms in total. The molecule has 0 unspecified atom stereocenters. The number of thioether (sulfide) groups is 1. The van der Waals surface area contributed by atoms with E-state index in [-0.39, 0.29) is 11.4 Å². The van der Waals surface area contributed by atoms with Gasteiger partial charge in [-0.25, -0.2) is 0 Å². The summed E-state index contributed by atoms with van der Waals surface area (Å²) in [6, 6.07) is 14.8. The number of carbonyl (C=O) groups is 1. The van der Waals surface area contributed by atoms with Crippen LogP contribution in [0.2, 0.25) is 0 Å². The Morgan fingerprint density at radius 2 is 1.81 bits per heavy atom. The van der Waals surface area contributed by atoms with Crippen LogP contribution in [0.4, 0.5) is 0 Å². The molecule has 2 aromatic rings. The number of hydrogen-bond acceptors (Lipinski definition) is 7. The van der Waals surface area contributed by atoms with E-state index >= 15 is 0 Å². The van der Waals surface area contributed by atoms with Crippen molar-refractivity contribution in [3.63, 3.8) is 0 Å². The number of rotatable bonds is 8. The number of nitrogens with zero attached hydrogens (tertiary/aromatic N) is 3. The molecule has 158 valence electrons. The number of nitrogens with one attached hydrogen (secondary N) is 1. The number of benzene rings is 2. The molecule has 0 bridgehead atoms. The van der Waals surface area contributed by atoms with E-state index in [0.717, 1.165) is 29.2 Å². The Morgan fingerprint density at radius 1 is 1.06 bits per heavy atom. The van der Waals surface area contributed by atoms with Crippen LogP contribution in [0.1, 0.15) is 12.0 Å². The molecule has 0 aliphatic carbocycles. The topological polar surface area (TPSA) is 96.6 Å². The Balaban J connectivity index is 1.27. The van der Waals surface area contributed by atoms with Crippen LogP contribution in [-0.4, -0.2) is 47.8 Å². The van der Waals surface area contributed by atoms with Gasteiger partial charge in [-0.15, -0.1) is 0 Å². The van der Waals surface area contributed by atoms with E-state index in [2.05, 4.69) is 10.1 Å². The van der Waals surface area contributed by atoms with Gasteiger partial charge in [0.15, 0.2) is 11.0 Å². The number of hydrazone groups is 1. The van der Waals surface area contributed by atoms with Gasteiger partial charge in [-0.1, -0.05) is 18.2 Å². The molecule has 0 aromatic heterocycles. The summed E-state index contributed by atoms with van der Waals surface area (Å²) in [5, 5.41) is 14.0. The highest BCUT2D eigenvalue weighted by molar-refractivity contribution is 8.25. The lowest BCUT2D eigenvalue weighted by atomic mass is 10.1. The highest BCUT2D eigenvalue weighted by Crippen LogP contribution is 2.25. The zero-order valence-corrected chi connectivity index (χ0v) is 17.6. The third-order valence-electron chi connectivity index (χ3n) is 4.45. The Labute approximate surface area is 183 Å². The summed E-state index contributed by atoms with van der Waals surface area (Å²) in [6.45, 7) is 1.04. The molecule has 2 heterocycles. The third kappa shape index (κ3) is 4.95. The van der Waals surface area contributed by atoms with Crippen molar-refractivity contribution < 1.29 is 19.0 Å². The zero-order valence-electron chi connectivity index (χ0n) is 16.8. The first-order chi connectivity index (χ1) is 15.1. The van der Waals surface area contributed by atoms with Crippen molar-refractivity contribution >= 4 is 40.3 Å². The van der Waals surface area contributed by atoms with Gasteiger partial charge in [-0.05, 0) is 47.7 Å². The molecule has 4 rings (SSSR count). The standard InChI is InChI=1S/C22H20N4O4S/c1-28-17-4-2-5-18(13-17)30-11-3-10-29-16-8-6-15(7-9-16)12-19-20(23)26-22(25-21(19)27)31-14-24-26/h2,4-9,12-14,23H,3,10-11H2,1H3/b19-12-,23-20?. The van der Waals surface area contributed by atoms with Gasteiger partial charge in [-0.2, -0.15) is 15.1 Å². The number of fused-ring (bicyclic) bond motifs is 1. The first-order valence-corrected chi connectivity index (χ1v) is 10.4. The van der Waals surface area contributed by atoms with Gasteiger partial charge in [-0.3, -0.25) is 10.2 Å². The molecule has 31 heavy (non-hydrogen) atoms. The summed E-state index contributed by atoms with van der Waals surface area (Å²) in [7, 11) is 1.62. The molecule has 0 spiro atoms. The molecule has 2 aliphatic rings. The molecule has 0 atom stereocenters. The van der Waals surface area contributed by atoms with Crippen LogP contribution in [0.25, 0.3) is 6.08 Å². The lowest BCUT2D eigenvalue weighted by molar-refractivity contribution is -0.114. The second-order valence-corrected chi connectivity index (χ2v) is 7.37. The normalized spacial score (nSPS) is 16.4. The van der Waals surface area contributed by atoms with Crippen LogP contribution >= 0.6 is 11.8 Å². The summed E-state index contributed by atoms with van der Waals surface area (Å²) in [5.41, 5.74) is 2.53. The van der Waals surface area contributed by atoms with Crippen molar-refractivity contribution in [3.05, 3.63) is 59.7 Å². The highest BCUT2D eigenvalue weighted by Gasteiger charge is 2.32. The summed E-state index contributed by atoms with van der Waals surface area (Å²) in [6.07, 6.45) is 2.36. The van der Waals surface area contributed by atoms with Crippen LogP contribution in [-0.2, 0) is 4.79 Å². The zero-order chi connectivity index (χ0) is 21.6. The number of ether oxygens (including phenoxy) is 3. The lowest BCUT2D eigenvalue weighted by Gasteiger charge is -2.20. The fraction of sp³-hybridized carbons (Fsp3) is 0.182. The average Bonchev–Trinajstić information content (AvgIpc) is 3.26. The maximum absolute atomic E-state index is 12.2. The van der Waals surface area contributed by atoms with Gasteiger partial charge in [0.2, 0.25) is 0 Å². The number of amides is 1. The van der Waals surface area contributed by atoms with E-state index in [9.17, 15) is 4.79 Å².